The first-order chi connectivity index (χ1) is 16.1. The third kappa shape index (κ3) is 3.65. The molecule has 4 heterocycles. The molecule has 1 amide bonds. The number of fused-ring (bicyclic) bond motifs is 2. The van der Waals surface area contributed by atoms with Crippen LogP contribution >= 0.6 is 0 Å². The zero-order valence-electron chi connectivity index (χ0n) is 19.2. The van der Waals surface area contributed by atoms with Crippen LogP contribution < -0.4 is 9.64 Å². The van der Waals surface area contributed by atoms with Gasteiger partial charge < -0.3 is 9.84 Å². The molecular weight excluding hydrogens is 439 g/mol. The van der Waals surface area contributed by atoms with Gasteiger partial charge in [-0.1, -0.05) is 6.07 Å². The van der Waals surface area contributed by atoms with Gasteiger partial charge in [0.15, 0.2) is 29.1 Å². The first kappa shape index (κ1) is 21.9. The zero-order chi connectivity index (χ0) is 24.2. The van der Waals surface area contributed by atoms with Crippen molar-refractivity contribution in [1.82, 2.24) is 24.6 Å². The monoisotopic (exact) mass is 462 g/mol. The van der Waals surface area contributed by atoms with Crippen LogP contribution in [0.15, 0.2) is 42.7 Å². The number of aryl methyl sites for hydroxylation is 1. The lowest BCUT2D eigenvalue weighted by Gasteiger charge is -2.33. The normalized spacial score (nSPS) is 16.0. The van der Waals surface area contributed by atoms with E-state index in [4.69, 9.17) is 9.84 Å². The van der Waals surface area contributed by atoms with Crippen molar-refractivity contribution < 1.29 is 19.0 Å². The van der Waals surface area contributed by atoms with E-state index in [0.717, 1.165) is 0 Å². The Balaban J connectivity index is 1.56. The average Bonchev–Trinajstić information content (AvgIpc) is 3.11. The predicted octanol–water partition coefficient (Wildman–Crippen LogP) is 3.18. The number of ether oxygens (including phenoxy) is 1. The molecule has 0 bridgehead atoms. The van der Waals surface area contributed by atoms with Gasteiger partial charge in [0, 0.05) is 18.0 Å². The smallest absolute Gasteiger partial charge is 0.268 e. The highest BCUT2D eigenvalue weighted by molar-refractivity contribution is 5.99. The molecule has 174 valence electrons. The Morgan fingerprint density at radius 2 is 1.91 bits per heavy atom. The first-order valence-electron chi connectivity index (χ1n) is 10.8. The Kier molecular flexibility index (Phi) is 5.05. The number of carbonyl (C=O) groups is 1. The number of aromatic nitrogens is 5. The summed E-state index contributed by atoms with van der Waals surface area (Å²) < 4.78 is 21.6. The predicted molar refractivity (Wildman–Crippen MR) is 122 cm³/mol. The van der Waals surface area contributed by atoms with Crippen LogP contribution in [0, 0.1) is 12.7 Å². The number of hydrogen-bond donors (Lipinski definition) is 1. The lowest BCUT2D eigenvalue weighted by atomic mass is 10.1. The molecule has 0 fully saturated rings. The van der Waals surface area contributed by atoms with Gasteiger partial charge in [-0.3, -0.25) is 9.69 Å². The molecule has 0 aliphatic carbocycles. The second-order valence-electron chi connectivity index (χ2n) is 8.76. The molecule has 1 atom stereocenters. The highest BCUT2D eigenvalue weighted by Gasteiger charge is 2.34. The van der Waals surface area contributed by atoms with E-state index in [1.54, 1.807) is 55.9 Å². The summed E-state index contributed by atoms with van der Waals surface area (Å²) in [6.45, 7) is 6.81. The minimum atomic E-state index is -1.15. The van der Waals surface area contributed by atoms with Gasteiger partial charge in [-0.25, -0.2) is 23.9 Å². The third-order valence-electron chi connectivity index (χ3n) is 5.72. The average molecular weight is 462 g/mol. The molecule has 1 aliphatic rings. The van der Waals surface area contributed by atoms with Gasteiger partial charge in [0.2, 0.25) is 0 Å². The molecule has 5 rings (SSSR count). The summed E-state index contributed by atoms with van der Waals surface area (Å²) in [7, 11) is 0. The molecule has 0 saturated heterocycles. The molecule has 0 spiro atoms. The summed E-state index contributed by atoms with van der Waals surface area (Å²) in [5, 5.41) is 14.8. The van der Waals surface area contributed by atoms with Crippen LogP contribution in [0.5, 0.6) is 5.75 Å². The van der Waals surface area contributed by atoms with Gasteiger partial charge >= 0.3 is 0 Å². The van der Waals surface area contributed by atoms with Crippen LogP contribution in [-0.4, -0.2) is 41.7 Å². The number of imidazole rings is 1. The van der Waals surface area contributed by atoms with Crippen molar-refractivity contribution in [1.29, 1.82) is 0 Å². The van der Waals surface area contributed by atoms with Crippen molar-refractivity contribution in [2.45, 2.75) is 45.9 Å². The number of rotatable bonds is 4. The summed E-state index contributed by atoms with van der Waals surface area (Å²) in [5.41, 5.74) is 2.47. The largest absolute Gasteiger partial charge is 0.476 e. The standard InChI is InChI=1S/C24H23FN6O3/c1-13-19(12-30-18-7-5-6-16(25)21(18)34-14(2)22(30)32)31-20(28-13)9-8-17(29-31)15-10-26-23(27-11-15)24(3,4)33/h5-11,14,33H,12H2,1-4H3/t14-/m1/s1. The SMILES string of the molecule is Cc1nc2ccc(-c3cnc(C(C)(C)O)nc3)nn2c1CN1C(=O)[C@@H](C)Oc2c(F)cccc21. The van der Waals surface area contributed by atoms with E-state index in [-0.39, 0.29) is 18.2 Å². The minimum absolute atomic E-state index is 0.0544. The molecule has 1 aromatic carbocycles. The van der Waals surface area contributed by atoms with Crippen LogP contribution in [0.4, 0.5) is 10.1 Å². The van der Waals surface area contributed by atoms with Gasteiger partial charge in [0.1, 0.15) is 5.60 Å². The topological polar surface area (TPSA) is 106 Å². The summed E-state index contributed by atoms with van der Waals surface area (Å²) in [5.74, 6) is -0.438. The van der Waals surface area contributed by atoms with Gasteiger partial charge in [-0.05, 0) is 52.0 Å². The second kappa shape index (κ2) is 7.84. The molecule has 3 aromatic heterocycles. The number of para-hydroxylation sites is 1. The van der Waals surface area contributed by atoms with E-state index in [1.807, 2.05) is 13.0 Å². The molecular formula is C24H23FN6O3. The molecule has 1 aliphatic heterocycles. The van der Waals surface area contributed by atoms with Crippen LogP contribution in [0.2, 0.25) is 0 Å². The van der Waals surface area contributed by atoms with Gasteiger partial charge in [0.05, 0.1) is 29.3 Å². The summed E-state index contributed by atoms with van der Waals surface area (Å²) in [4.78, 5) is 27.5. The Hall–Kier alpha value is -3.92. The van der Waals surface area contributed by atoms with E-state index >= 15 is 0 Å². The number of anilines is 1. The van der Waals surface area contributed by atoms with Gasteiger partial charge in [-0.15, -0.1) is 0 Å². The number of carbonyl (C=O) groups excluding carboxylic acids is 1. The fourth-order valence-corrected chi connectivity index (χ4v) is 3.91. The van der Waals surface area contributed by atoms with Crippen molar-refractivity contribution >= 4 is 17.2 Å². The zero-order valence-corrected chi connectivity index (χ0v) is 19.2. The van der Waals surface area contributed by atoms with Gasteiger partial charge in [-0.2, -0.15) is 5.10 Å². The maximum atomic E-state index is 14.4. The highest BCUT2D eigenvalue weighted by atomic mass is 19.1. The first-order valence-corrected chi connectivity index (χ1v) is 10.8. The number of benzene rings is 1. The highest BCUT2D eigenvalue weighted by Crippen LogP contribution is 2.37. The van der Waals surface area contributed by atoms with Crippen LogP contribution in [0.25, 0.3) is 16.9 Å². The van der Waals surface area contributed by atoms with Crippen LogP contribution in [0.1, 0.15) is 38.0 Å². The molecule has 0 saturated carbocycles. The third-order valence-corrected chi connectivity index (χ3v) is 5.72. The number of aliphatic hydroxyl groups is 1. The molecule has 0 unspecified atom stereocenters. The van der Waals surface area contributed by atoms with E-state index in [2.05, 4.69) is 15.0 Å². The Morgan fingerprint density at radius 1 is 1.18 bits per heavy atom. The van der Waals surface area contributed by atoms with Crippen LogP contribution in [0.3, 0.4) is 0 Å². The molecule has 10 heteroatoms. The fraction of sp³-hybridized carbons (Fsp3) is 0.292. The van der Waals surface area contributed by atoms with Gasteiger partial charge in [0.25, 0.3) is 5.91 Å². The molecule has 4 aromatic rings. The minimum Gasteiger partial charge on any atom is -0.476 e. The quantitative estimate of drug-likeness (QED) is 0.497. The van der Waals surface area contributed by atoms with E-state index < -0.39 is 17.5 Å². The van der Waals surface area contributed by atoms with Crippen molar-refractivity contribution in [2.24, 2.45) is 0 Å². The maximum absolute atomic E-state index is 14.4. The van der Waals surface area contributed by atoms with Crippen molar-refractivity contribution in [2.75, 3.05) is 4.90 Å². The number of nitrogens with zero attached hydrogens (tertiary/aromatic N) is 6. The second-order valence-corrected chi connectivity index (χ2v) is 8.76. The lowest BCUT2D eigenvalue weighted by molar-refractivity contribution is -0.125. The Morgan fingerprint density at radius 3 is 2.62 bits per heavy atom. The summed E-state index contributed by atoms with van der Waals surface area (Å²) in [6.07, 6.45) is 2.38. The van der Waals surface area contributed by atoms with Crippen molar-refractivity contribution in [3.05, 3.63) is 65.8 Å². The van der Waals surface area contributed by atoms with Crippen molar-refractivity contribution in [3.63, 3.8) is 0 Å². The summed E-state index contributed by atoms with van der Waals surface area (Å²) >= 11 is 0. The van der Waals surface area contributed by atoms with E-state index in [9.17, 15) is 14.3 Å². The summed E-state index contributed by atoms with van der Waals surface area (Å²) in [6, 6.07) is 8.13. The number of amides is 1. The Labute approximate surface area is 194 Å². The Bertz CT molecular complexity index is 1410. The number of hydrogen-bond acceptors (Lipinski definition) is 7. The van der Waals surface area contributed by atoms with Crippen molar-refractivity contribution in [3.8, 4) is 17.0 Å². The molecule has 34 heavy (non-hydrogen) atoms. The molecule has 1 N–H and O–H groups in total. The van der Waals surface area contributed by atoms with E-state index in [1.165, 1.54) is 11.0 Å². The maximum Gasteiger partial charge on any atom is 0.268 e. The number of halogens is 1. The lowest BCUT2D eigenvalue weighted by Crippen LogP contribution is -2.44. The molecule has 0 radical (unpaired) electrons. The molecule has 9 nitrogen and oxygen atoms in total. The van der Waals surface area contributed by atoms with Crippen LogP contribution in [-0.2, 0) is 16.9 Å². The van der Waals surface area contributed by atoms with E-state index in [0.29, 0.717) is 39.8 Å². The fourth-order valence-electron chi connectivity index (χ4n) is 3.91.